The molecule has 1 aliphatic rings. The zero-order valence-corrected chi connectivity index (χ0v) is 12.4. The molecule has 5 heteroatoms. The zero-order chi connectivity index (χ0) is 14.5. The van der Waals surface area contributed by atoms with Gasteiger partial charge in [-0.15, -0.1) is 0 Å². The van der Waals surface area contributed by atoms with Crippen molar-refractivity contribution >= 4 is 5.91 Å². The molecule has 0 bridgehead atoms. The van der Waals surface area contributed by atoms with Crippen LogP contribution in [0, 0.1) is 0 Å². The first-order chi connectivity index (χ1) is 9.65. The number of ether oxygens (including phenoxy) is 1. The number of carbonyl (C=O) groups excluding carboxylic acids is 1. The molecule has 0 radical (unpaired) electrons. The van der Waals surface area contributed by atoms with Gasteiger partial charge in [0.15, 0.2) is 0 Å². The summed E-state index contributed by atoms with van der Waals surface area (Å²) in [5.41, 5.74) is 3.70. The Morgan fingerprint density at radius 1 is 1.40 bits per heavy atom. The molecule has 1 fully saturated rings. The first-order valence-corrected chi connectivity index (χ1v) is 6.99. The lowest BCUT2D eigenvalue weighted by atomic mass is 10.0. The molecule has 0 atom stereocenters. The number of nitrogens with one attached hydrogen (secondary N) is 1. The Kier molecular flexibility index (Phi) is 4.98. The summed E-state index contributed by atoms with van der Waals surface area (Å²) in [7, 11) is 5.52. The fraction of sp³-hybridized carbons (Fsp3) is 0.533. The molecule has 20 heavy (non-hydrogen) atoms. The van der Waals surface area contributed by atoms with Gasteiger partial charge >= 0.3 is 0 Å². The lowest BCUT2D eigenvalue weighted by molar-refractivity contribution is 0.0463. The van der Waals surface area contributed by atoms with E-state index >= 15 is 0 Å². The Morgan fingerprint density at radius 3 is 2.70 bits per heavy atom. The molecule has 1 aromatic carbocycles. The molecule has 1 N–H and O–H groups in total. The average Bonchev–Trinajstić information content (AvgIpc) is 2.50. The fourth-order valence-corrected chi connectivity index (χ4v) is 2.60. The number of hydrogen-bond donors (Lipinski definition) is 1. The maximum Gasteiger partial charge on any atom is 0.268 e. The summed E-state index contributed by atoms with van der Waals surface area (Å²) >= 11 is 0. The predicted octanol–water partition coefficient (Wildman–Crippen LogP) is 1.37. The Morgan fingerprint density at radius 2 is 2.10 bits per heavy atom. The van der Waals surface area contributed by atoms with Gasteiger partial charge in [-0.2, -0.15) is 0 Å². The molecule has 0 aliphatic carbocycles. The number of amides is 1. The monoisotopic (exact) mass is 277 g/mol. The highest BCUT2D eigenvalue weighted by Gasteiger charge is 2.27. The highest BCUT2D eigenvalue weighted by atomic mass is 16.5. The van der Waals surface area contributed by atoms with E-state index in [1.165, 1.54) is 0 Å². The van der Waals surface area contributed by atoms with Crippen molar-refractivity contribution in [2.75, 3.05) is 34.3 Å². The van der Waals surface area contributed by atoms with Crippen LogP contribution in [0.15, 0.2) is 24.3 Å². The van der Waals surface area contributed by atoms with Crippen LogP contribution in [-0.4, -0.2) is 56.2 Å². The van der Waals surface area contributed by atoms with Crippen LogP contribution in [0.25, 0.3) is 0 Å². The largest absolute Gasteiger partial charge is 0.497 e. The molecule has 1 aliphatic heterocycles. The lowest BCUT2D eigenvalue weighted by Crippen LogP contribution is -2.51. The summed E-state index contributed by atoms with van der Waals surface area (Å²) in [6.07, 6.45) is 1.99. The molecule has 0 aromatic heterocycles. The second kappa shape index (κ2) is 6.72. The average molecular weight is 277 g/mol. The van der Waals surface area contributed by atoms with E-state index in [0.29, 0.717) is 11.3 Å². The van der Waals surface area contributed by atoms with E-state index in [1.807, 2.05) is 18.2 Å². The number of rotatable bonds is 4. The molecule has 2 rings (SSSR count). The second-order valence-electron chi connectivity index (χ2n) is 5.17. The van der Waals surface area contributed by atoms with Crippen molar-refractivity contribution in [3.63, 3.8) is 0 Å². The number of likely N-dealkylation sites (tertiary alicyclic amines) is 1. The third-order valence-electron chi connectivity index (χ3n) is 3.83. The predicted molar refractivity (Wildman–Crippen MR) is 78.7 cm³/mol. The quantitative estimate of drug-likeness (QED) is 0.844. The van der Waals surface area contributed by atoms with E-state index in [4.69, 9.17) is 4.74 Å². The van der Waals surface area contributed by atoms with Crippen LogP contribution in [-0.2, 0) is 0 Å². The van der Waals surface area contributed by atoms with Crippen LogP contribution in [0.4, 0.5) is 0 Å². The van der Waals surface area contributed by atoms with E-state index in [2.05, 4.69) is 17.4 Å². The van der Waals surface area contributed by atoms with Gasteiger partial charge in [0.1, 0.15) is 5.75 Å². The van der Waals surface area contributed by atoms with Gasteiger partial charge in [0.2, 0.25) is 0 Å². The minimum Gasteiger partial charge on any atom is -0.497 e. The summed E-state index contributed by atoms with van der Waals surface area (Å²) in [6, 6.07) is 7.53. The summed E-state index contributed by atoms with van der Waals surface area (Å²) in [4.78, 5) is 14.9. The molecule has 0 saturated carbocycles. The van der Waals surface area contributed by atoms with Gasteiger partial charge in [0, 0.05) is 12.6 Å². The molecule has 5 nitrogen and oxygen atoms in total. The van der Waals surface area contributed by atoms with E-state index in [-0.39, 0.29) is 11.9 Å². The van der Waals surface area contributed by atoms with Crippen molar-refractivity contribution in [1.82, 2.24) is 15.3 Å². The van der Waals surface area contributed by atoms with Gasteiger partial charge in [-0.3, -0.25) is 9.80 Å². The van der Waals surface area contributed by atoms with Gasteiger partial charge in [-0.05, 0) is 51.2 Å². The van der Waals surface area contributed by atoms with Crippen molar-refractivity contribution in [2.45, 2.75) is 18.9 Å². The van der Waals surface area contributed by atoms with Crippen LogP contribution in [0.5, 0.6) is 5.75 Å². The van der Waals surface area contributed by atoms with Crippen LogP contribution in [0.2, 0.25) is 0 Å². The van der Waals surface area contributed by atoms with Gasteiger partial charge in [-0.1, -0.05) is 6.07 Å². The molecular weight excluding hydrogens is 254 g/mol. The van der Waals surface area contributed by atoms with E-state index in [1.54, 1.807) is 25.2 Å². The number of piperidine rings is 1. The highest BCUT2D eigenvalue weighted by Crippen LogP contribution is 2.19. The number of hydrazine groups is 1. The van der Waals surface area contributed by atoms with Crippen molar-refractivity contribution < 1.29 is 9.53 Å². The number of nitrogens with zero attached hydrogens (tertiary/aromatic N) is 2. The first kappa shape index (κ1) is 14.8. The summed E-state index contributed by atoms with van der Waals surface area (Å²) in [5.74, 6) is 0.705. The van der Waals surface area contributed by atoms with E-state index in [0.717, 1.165) is 25.9 Å². The van der Waals surface area contributed by atoms with Crippen molar-refractivity contribution in [1.29, 1.82) is 0 Å². The van der Waals surface area contributed by atoms with E-state index in [9.17, 15) is 4.79 Å². The van der Waals surface area contributed by atoms with E-state index < -0.39 is 0 Å². The number of hydrogen-bond acceptors (Lipinski definition) is 4. The number of methoxy groups -OCH3 is 1. The van der Waals surface area contributed by atoms with Crippen LogP contribution in [0.1, 0.15) is 23.2 Å². The molecule has 0 spiro atoms. The standard InChI is InChI=1S/C15H23N3O2/c1-16-18(13-7-9-17(2)10-8-13)15(19)12-5-4-6-14(11-12)20-3/h4-6,11,13,16H,7-10H2,1-3H3. The van der Waals surface area contributed by atoms with Gasteiger partial charge < -0.3 is 9.64 Å². The van der Waals surface area contributed by atoms with Crippen LogP contribution >= 0.6 is 0 Å². The van der Waals surface area contributed by atoms with Crippen molar-refractivity contribution in [2.24, 2.45) is 0 Å². The second-order valence-corrected chi connectivity index (χ2v) is 5.17. The normalized spacial score (nSPS) is 16.9. The molecular formula is C15H23N3O2. The topological polar surface area (TPSA) is 44.8 Å². The molecule has 0 unspecified atom stereocenters. The maximum absolute atomic E-state index is 12.6. The summed E-state index contributed by atoms with van der Waals surface area (Å²) in [5, 5.41) is 1.75. The smallest absolute Gasteiger partial charge is 0.268 e. The Labute approximate surface area is 120 Å². The molecule has 110 valence electrons. The minimum absolute atomic E-state index is 0.000882. The number of benzene rings is 1. The maximum atomic E-state index is 12.6. The Balaban J connectivity index is 2.12. The molecule has 1 heterocycles. The number of carbonyl (C=O) groups is 1. The fourth-order valence-electron chi connectivity index (χ4n) is 2.60. The minimum atomic E-state index is 0.000882. The Bertz CT molecular complexity index is 456. The molecule has 1 aromatic rings. The molecule has 1 amide bonds. The van der Waals surface area contributed by atoms with Gasteiger partial charge in [0.25, 0.3) is 5.91 Å². The highest BCUT2D eigenvalue weighted by molar-refractivity contribution is 5.94. The third-order valence-corrected chi connectivity index (χ3v) is 3.83. The van der Waals surface area contributed by atoms with Crippen molar-refractivity contribution in [3.8, 4) is 5.75 Å². The van der Waals surface area contributed by atoms with Gasteiger partial charge in [0.05, 0.1) is 13.2 Å². The lowest BCUT2D eigenvalue weighted by Gasteiger charge is -2.36. The van der Waals surface area contributed by atoms with Crippen LogP contribution < -0.4 is 10.2 Å². The van der Waals surface area contributed by atoms with Crippen LogP contribution in [0.3, 0.4) is 0 Å². The summed E-state index contributed by atoms with van der Waals surface area (Å²) in [6.45, 7) is 2.04. The van der Waals surface area contributed by atoms with Gasteiger partial charge in [-0.25, -0.2) is 5.43 Å². The SMILES string of the molecule is CNN(C(=O)c1cccc(OC)c1)C1CCN(C)CC1. The Hall–Kier alpha value is -1.59. The first-order valence-electron chi connectivity index (χ1n) is 6.99. The third kappa shape index (κ3) is 3.29. The molecule has 1 saturated heterocycles. The zero-order valence-electron chi connectivity index (χ0n) is 12.4. The van der Waals surface area contributed by atoms with Crippen molar-refractivity contribution in [3.05, 3.63) is 29.8 Å². The summed E-state index contributed by atoms with van der Waals surface area (Å²) < 4.78 is 5.18.